The lowest BCUT2D eigenvalue weighted by Crippen LogP contribution is -2.38. The largest absolute Gasteiger partial charge is 0.276 e. The van der Waals surface area contributed by atoms with E-state index in [1.807, 2.05) is 0 Å². The highest BCUT2D eigenvalue weighted by Gasteiger charge is 3.00. The molecule has 0 spiro atoms. The van der Waals surface area contributed by atoms with Crippen LogP contribution in [0.4, 0.5) is 0 Å². The second kappa shape index (κ2) is 0.150. The second-order valence-corrected chi connectivity index (χ2v) is 2.24. The molecular formula is C3H4N2. The fourth-order valence-corrected chi connectivity index (χ4v) is 0.983. The molecule has 3 aliphatic rings. The highest BCUT2D eigenvalue weighted by molar-refractivity contribution is 5.56. The van der Waals surface area contributed by atoms with Crippen molar-refractivity contribution in [1.29, 1.82) is 0 Å². The monoisotopic (exact) mass is 68.0 g/mol. The summed E-state index contributed by atoms with van der Waals surface area (Å²) in [6, 6.07) is 0. The summed E-state index contributed by atoms with van der Waals surface area (Å²) in [6.45, 7) is 0. The van der Waals surface area contributed by atoms with Crippen molar-refractivity contribution in [1.82, 2.24) is 10.6 Å². The van der Waals surface area contributed by atoms with Crippen LogP contribution in [0, 0.1) is 0 Å². The van der Waals surface area contributed by atoms with E-state index in [9.17, 15) is 0 Å². The Morgan fingerprint density at radius 1 is 1.20 bits per heavy atom. The minimum absolute atomic E-state index is 0.562. The van der Waals surface area contributed by atoms with Gasteiger partial charge >= 0.3 is 0 Å². The zero-order valence-corrected chi connectivity index (χ0v) is 2.71. The molecule has 2 saturated heterocycles. The molecule has 0 aromatic rings. The Bertz CT molecular complexity index is 86.3. The maximum atomic E-state index is 3.24. The van der Waals surface area contributed by atoms with E-state index in [4.69, 9.17) is 0 Å². The zero-order valence-electron chi connectivity index (χ0n) is 2.71. The van der Waals surface area contributed by atoms with Gasteiger partial charge in [0.2, 0.25) is 0 Å². The first-order valence-electron chi connectivity index (χ1n) is 1.96. The van der Waals surface area contributed by atoms with E-state index in [0.717, 1.165) is 0 Å². The number of nitrogens with one attached hydrogen (secondary N) is 2. The molecule has 0 radical (unpaired) electrons. The number of hydrogen-bond acceptors (Lipinski definition) is 2. The van der Waals surface area contributed by atoms with E-state index in [0.29, 0.717) is 11.3 Å². The molecule has 3 fully saturated rings. The van der Waals surface area contributed by atoms with Crippen molar-refractivity contribution >= 4 is 0 Å². The molecule has 0 atom stereocenters. The zero-order chi connectivity index (χ0) is 3.12. The van der Waals surface area contributed by atoms with Crippen LogP contribution < -0.4 is 10.6 Å². The fourth-order valence-electron chi connectivity index (χ4n) is 0.983. The molecule has 2 N–H and O–H groups in total. The van der Waals surface area contributed by atoms with Crippen LogP contribution in [0.2, 0.25) is 0 Å². The summed E-state index contributed by atoms with van der Waals surface area (Å²) in [5.74, 6) is 0. The Morgan fingerprint density at radius 2 is 1.40 bits per heavy atom. The summed E-state index contributed by atoms with van der Waals surface area (Å²) >= 11 is 0. The van der Waals surface area contributed by atoms with E-state index in [2.05, 4.69) is 10.6 Å². The third kappa shape index (κ3) is 0.0330. The summed E-state index contributed by atoms with van der Waals surface area (Å²) in [6.07, 6.45) is 1.40. The van der Waals surface area contributed by atoms with E-state index in [1.54, 1.807) is 0 Å². The second-order valence-electron chi connectivity index (χ2n) is 2.24. The lowest BCUT2D eigenvalue weighted by atomic mass is 10.5. The SMILES string of the molecule is C1C23NC12N3. The first-order chi connectivity index (χ1) is 2.37. The molecule has 26 valence electrons. The first kappa shape index (κ1) is 1.58. The molecule has 0 aromatic carbocycles. The highest BCUT2D eigenvalue weighted by atomic mass is 15.8. The first-order valence-corrected chi connectivity index (χ1v) is 1.96. The number of rotatable bonds is 0. The van der Waals surface area contributed by atoms with E-state index < -0.39 is 0 Å². The molecule has 2 nitrogen and oxygen atoms in total. The molecule has 0 aromatic heterocycles. The van der Waals surface area contributed by atoms with Gasteiger partial charge in [0.1, 0.15) is 11.3 Å². The van der Waals surface area contributed by atoms with Crippen LogP contribution in [0.3, 0.4) is 0 Å². The van der Waals surface area contributed by atoms with Crippen molar-refractivity contribution in [3.05, 3.63) is 0 Å². The van der Waals surface area contributed by atoms with Crippen LogP contribution in [0.5, 0.6) is 0 Å². The minimum atomic E-state index is 0.562. The van der Waals surface area contributed by atoms with Crippen molar-refractivity contribution in [2.75, 3.05) is 0 Å². The molecule has 2 heterocycles. The van der Waals surface area contributed by atoms with Gasteiger partial charge < -0.3 is 0 Å². The van der Waals surface area contributed by atoms with E-state index in [-0.39, 0.29) is 0 Å². The average molecular weight is 68.1 g/mol. The lowest BCUT2D eigenvalue weighted by Gasteiger charge is -2.07. The molecule has 5 heavy (non-hydrogen) atoms. The standard InChI is InChI=1S/C3H4N2/c1-2-3(1,4-2)5-2/h4-5H,1H2. The van der Waals surface area contributed by atoms with Gasteiger partial charge in [-0.15, -0.1) is 0 Å². The molecule has 3 rings (SSSR count). The van der Waals surface area contributed by atoms with Crippen molar-refractivity contribution < 1.29 is 0 Å². The molecule has 1 aliphatic carbocycles. The van der Waals surface area contributed by atoms with Gasteiger partial charge in [0, 0.05) is 6.42 Å². The van der Waals surface area contributed by atoms with Crippen molar-refractivity contribution in [3.8, 4) is 0 Å². The normalized spacial score (nSPS) is 91.2. The van der Waals surface area contributed by atoms with Crippen molar-refractivity contribution in [2.45, 2.75) is 17.7 Å². The summed E-state index contributed by atoms with van der Waals surface area (Å²) < 4.78 is 0. The van der Waals surface area contributed by atoms with Crippen LogP contribution in [0.15, 0.2) is 0 Å². The highest BCUT2D eigenvalue weighted by Crippen LogP contribution is 2.73. The minimum Gasteiger partial charge on any atom is -0.276 e. The molecule has 2 aliphatic heterocycles. The van der Waals surface area contributed by atoms with Crippen molar-refractivity contribution in [2.24, 2.45) is 0 Å². The molecule has 2 heteroatoms. The maximum absolute atomic E-state index is 3.24. The van der Waals surface area contributed by atoms with Gasteiger partial charge in [0.15, 0.2) is 0 Å². The summed E-state index contributed by atoms with van der Waals surface area (Å²) in [7, 11) is 0. The van der Waals surface area contributed by atoms with Crippen LogP contribution in [-0.2, 0) is 0 Å². The van der Waals surface area contributed by atoms with Gasteiger partial charge in [-0.1, -0.05) is 0 Å². The predicted molar refractivity (Wildman–Crippen MR) is 16.4 cm³/mol. The Hall–Kier alpha value is -0.0800. The van der Waals surface area contributed by atoms with Crippen LogP contribution in [-0.4, -0.2) is 11.3 Å². The van der Waals surface area contributed by atoms with Crippen LogP contribution >= 0.6 is 0 Å². The molecular weight excluding hydrogens is 64.0 g/mol. The quantitative estimate of drug-likeness (QED) is 0.357. The Labute approximate surface area is 29.6 Å². The predicted octanol–water partition coefficient (Wildman–Crippen LogP) is -1.01. The van der Waals surface area contributed by atoms with Gasteiger partial charge in [0.05, 0.1) is 0 Å². The smallest absolute Gasteiger partial charge is 0.107 e. The van der Waals surface area contributed by atoms with Gasteiger partial charge in [-0.3, -0.25) is 10.6 Å². The maximum Gasteiger partial charge on any atom is 0.107 e. The Kier molecular flexibility index (Phi) is 0.0474. The summed E-state index contributed by atoms with van der Waals surface area (Å²) in [4.78, 5) is 0. The summed E-state index contributed by atoms with van der Waals surface area (Å²) in [5.41, 5.74) is 1.12. The van der Waals surface area contributed by atoms with E-state index >= 15 is 0 Å². The lowest BCUT2D eigenvalue weighted by molar-refractivity contribution is 0.446. The van der Waals surface area contributed by atoms with Crippen LogP contribution in [0.1, 0.15) is 6.42 Å². The van der Waals surface area contributed by atoms with Gasteiger partial charge in [-0.05, 0) is 0 Å². The summed E-state index contributed by atoms with van der Waals surface area (Å²) in [5, 5.41) is 6.47. The van der Waals surface area contributed by atoms with Gasteiger partial charge in [0.25, 0.3) is 0 Å². The van der Waals surface area contributed by atoms with E-state index in [1.165, 1.54) is 6.42 Å². The van der Waals surface area contributed by atoms with Crippen molar-refractivity contribution in [3.63, 3.8) is 0 Å². The molecule has 1 saturated carbocycles. The third-order valence-corrected chi connectivity index (χ3v) is 1.86. The third-order valence-electron chi connectivity index (χ3n) is 1.86. The fraction of sp³-hybridized carbons (Fsp3) is 1.00. The topological polar surface area (TPSA) is 43.9 Å². The Morgan fingerprint density at radius 3 is 1.40 bits per heavy atom. The average Bonchev–Trinajstić information content (AvgIpc) is 1.30. The molecule has 0 amide bonds. The Balaban J connectivity index is 2.58. The van der Waals surface area contributed by atoms with Gasteiger partial charge in [-0.25, -0.2) is 0 Å². The van der Waals surface area contributed by atoms with Crippen LogP contribution in [0.25, 0.3) is 0 Å². The number of hydrogen-bond donors (Lipinski definition) is 2. The molecule has 0 bridgehead atoms. The van der Waals surface area contributed by atoms with Gasteiger partial charge in [-0.2, -0.15) is 0 Å². The molecule has 0 unspecified atom stereocenters.